The number of aromatic nitrogens is 3. The van der Waals surface area contributed by atoms with Gasteiger partial charge in [-0.25, -0.2) is 0 Å². The molecule has 0 saturated heterocycles. The molecular weight excluding hydrogens is 398 g/mol. The molecular formula is C23H21N3O3S. The number of ether oxygens (including phenoxy) is 1. The number of thiazole rings is 1. The second-order valence-electron chi connectivity index (χ2n) is 7.02. The molecule has 30 heavy (non-hydrogen) atoms. The summed E-state index contributed by atoms with van der Waals surface area (Å²) in [6.45, 7) is 4.64. The van der Waals surface area contributed by atoms with Gasteiger partial charge >= 0.3 is 0 Å². The number of benzene rings is 2. The molecule has 0 fully saturated rings. The maximum absolute atomic E-state index is 12.9. The zero-order valence-electron chi connectivity index (χ0n) is 16.8. The van der Waals surface area contributed by atoms with Crippen molar-refractivity contribution in [3.8, 4) is 5.75 Å². The van der Waals surface area contributed by atoms with Crippen molar-refractivity contribution in [3.63, 3.8) is 0 Å². The molecule has 0 atom stereocenters. The predicted molar refractivity (Wildman–Crippen MR) is 118 cm³/mol. The van der Waals surface area contributed by atoms with Gasteiger partial charge in [0.15, 0.2) is 0 Å². The fourth-order valence-corrected chi connectivity index (χ4v) is 3.93. The van der Waals surface area contributed by atoms with Crippen molar-refractivity contribution in [1.82, 2.24) is 14.6 Å². The standard InChI is InChI=1S/C23H21N3O3S/c1-3-12-29-19-7-5-4-6-17(19)14-20-22(28)26-23(30-20)24-21(27)18(25-26)13-16-10-8-15(2)9-11-16/h4-11,14H,3,12-13H2,1-2H3/b20-14+. The highest BCUT2D eigenvalue weighted by Gasteiger charge is 2.12. The van der Waals surface area contributed by atoms with Crippen molar-refractivity contribution in [3.05, 3.63) is 96.2 Å². The van der Waals surface area contributed by atoms with Gasteiger partial charge in [0.2, 0.25) is 4.96 Å². The summed E-state index contributed by atoms with van der Waals surface area (Å²) in [6, 6.07) is 15.4. The normalized spacial score (nSPS) is 11.9. The number of nitrogens with zero attached hydrogens (tertiary/aromatic N) is 3. The van der Waals surface area contributed by atoms with E-state index in [-0.39, 0.29) is 16.2 Å². The second-order valence-corrected chi connectivity index (χ2v) is 8.03. The smallest absolute Gasteiger partial charge is 0.296 e. The Balaban J connectivity index is 1.76. The largest absolute Gasteiger partial charge is 0.493 e. The molecule has 0 unspecified atom stereocenters. The van der Waals surface area contributed by atoms with Crippen molar-refractivity contribution in [1.29, 1.82) is 0 Å². The lowest BCUT2D eigenvalue weighted by Crippen LogP contribution is -2.28. The summed E-state index contributed by atoms with van der Waals surface area (Å²) in [4.78, 5) is 29.7. The molecule has 2 heterocycles. The Kier molecular flexibility index (Phi) is 5.72. The minimum atomic E-state index is -0.407. The third-order valence-electron chi connectivity index (χ3n) is 4.61. The van der Waals surface area contributed by atoms with Gasteiger partial charge in [-0.15, -0.1) is 0 Å². The molecule has 4 rings (SSSR count). The van der Waals surface area contributed by atoms with E-state index in [1.807, 2.05) is 62.4 Å². The molecule has 0 amide bonds. The second kappa shape index (κ2) is 8.59. The number of hydrogen-bond acceptors (Lipinski definition) is 6. The van der Waals surface area contributed by atoms with Crippen LogP contribution < -0.4 is 20.4 Å². The third kappa shape index (κ3) is 4.16. The third-order valence-corrected chi connectivity index (χ3v) is 5.57. The Morgan fingerprint density at radius 3 is 2.63 bits per heavy atom. The molecule has 2 aromatic heterocycles. The lowest BCUT2D eigenvalue weighted by Gasteiger charge is -2.07. The Labute approximate surface area is 177 Å². The van der Waals surface area contributed by atoms with Gasteiger partial charge in [-0.1, -0.05) is 66.3 Å². The van der Waals surface area contributed by atoms with E-state index in [4.69, 9.17) is 4.74 Å². The Morgan fingerprint density at radius 1 is 1.10 bits per heavy atom. The minimum absolute atomic E-state index is 0.254. The van der Waals surface area contributed by atoms with Gasteiger partial charge in [0.1, 0.15) is 11.4 Å². The zero-order valence-corrected chi connectivity index (χ0v) is 17.6. The number of hydrogen-bond donors (Lipinski definition) is 0. The molecule has 6 nitrogen and oxygen atoms in total. The zero-order chi connectivity index (χ0) is 21.1. The molecule has 0 radical (unpaired) electrons. The van der Waals surface area contributed by atoms with Crippen LogP contribution >= 0.6 is 11.3 Å². The summed E-state index contributed by atoms with van der Waals surface area (Å²) in [5, 5.41) is 4.31. The Bertz CT molecular complexity index is 1360. The summed E-state index contributed by atoms with van der Waals surface area (Å²) in [6.07, 6.45) is 2.99. The van der Waals surface area contributed by atoms with Crippen LogP contribution in [0.2, 0.25) is 0 Å². The molecule has 7 heteroatoms. The first-order valence-corrected chi connectivity index (χ1v) is 10.6. The summed E-state index contributed by atoms with van der Waals surface area (Å²) >= 11 is 1.15. The Hall–Kier alpha value is -3.32. The molecule has 0 N–H and O–H groups in total. The van der Waals surface area contributed by atoms with E-state index in [0.717, 1.165) is 34.4 Å². The van der Waals surface area contributed by atoms with Crippen LogP contribution in [-0.4, -0.2) is 21.2 Å². The van der Waals surface area contributed by atoms with Crippen LogP contribution in [0.3, 0.4) is 0 Å². The van der Waals surface area contributed by atoms with Crippen LogP contribution in [0, 0.1) is 6.92 Å². The molecule has 2 aromatic carbocycles. The highest BCUT2D eigenvalue weighted by Crippen LogP contribution is 2.19. The van der Waals surface area contributed by atoms with Gasteiger partial charge in [-0.05, 0) is 31.1 Å². The quantitative estimate of drug-likeness (QED) is 0.481. The van der Waals surface area contributed by atoms with E-state index in [0.29, 0.717) is 23.3 Å². The average Bonchev–Trinajstić information content (AvgIpc) is 3.04. The van der Waals surface area contributed by atoms with Gasteiger partial charge in [0.05, 0.1) is 11.1 Å². The van der Waals surface area contributed by atoms with Crippen LogP contribution in [0.25, 0.3) is 11.0 Å². The van der Waals surface area contributed by atoms with E-state index in [2.05, 4.69) is 10.1 Å². The average molecular weight is 420 g/mol. The first kappa shape index (κ1) is 20.0. The molecule has 152 valence electrons. The van der Waals surface area contributed by atoms with Gasteiger partial charge in [0.25, 0.3) is 11.1 Å². The van der Waals surface area contributed by atoms with Crippen LogP contribution in [-0.2, 0) is 6.42 Å². The fraction of sp³-hybridized carbons (Fsp3) is 0.217. The van der Waals surface area contributed by atoms with Crippen LogP contribution in [0.15, 0.2) is 58.1 Å². The van der Waals surface area contributed by atoms with Crippen molar-refractivity contribution in [2.24, 2.45) is 0 Å². The van der Waals surface area contributed by atoms with Crippen molar-refractivity contribution >= 4 is 22.4 Å². The van der Waals surface area contributed by atoms with Gasteiger partial charge < -0.3 is 4.74 Å². The maximum atomic E-state index is 12.9. The fourth-order valence-electron chi connectivity index (χ4n) is 3.04. The molecule has 0 bridgehead atoms. The number of fused-ring (bicyclic) bond motifs is 1. The van der Waals surface area contributed by atoms with E-state index < -0.39 is 5.56 Å². The number of rotatable bonds is 6. The van der Waals surface area contributed by atoms with Gasteiger partial charge in [-0.3, -0.25) is 9.59 Å². The van der Waals surface area contributed by atoms with E-state index in [9.17, 15) is 9.59 Å². The lowest BCUT2D eigenvalue weighted by molar-refractivity contribution is 0.317. The van der Waals surface area contributed by atoms with Crippen LogP contribution in [0.1, 0.15) is 35.7 Å². The molecule has 4 aromatic rings. The van der Waals surface area contributed by atoms with Crippen molar-refractivity contribution in [2.45, 2.75) is 26.7 Å². The number of para-hydroxylation sites is 1. The molecule has 0 aliphatic carbocycles. The SMILES string of the molecule is CCCOc1ccccc1/C=c1/sc2nc(=O)c(Cc3ccc(C)cc3)nn2c1=O. The summed E-state index contributed by atoms with van der Waals surface area (Å²) in [5.74, 6) is 0.715. The topological polar surface area (TPSA) is 73.6 Å². The van der Waals surface area contributed by atoms with Crippen molar-refractivity contribution < 1.29 is 4.74 Å². The molecule has 0 aliphatic heterocycles. The van der Waals surface area contributed by atoms with E-state index in [1.54, 1.807) is 6.08 Å². The van der Waals surface area contributed by atoms with E-state index >= 15 is 0 Å². The summed E-state index contributed by atoms with van der Waals surface area (Å²) < 4.78 is 7.44. The molecule has 0 aliphatic rings. The first-order valence-electron chi connectivity index (χ1n) is 9.77. The number of aryl methyl sites for hydroxylation is 1. The Morgan fingerprint density at radius 2 is 1.87 bits per heavy atom. The first-order chi connectivity index (χ1) is 14.5. The minimum Gasteiger partial charge on any atom is -0.493 e. The lowest BCUT2D eigenvalue weighted by atomic mass is 10.1. The van der Waals surface area contributed by atoms with Gasteiger partial charge in [0, 0.05) is 12.0 Å². The van der Waals surface area contributed by atoms with Crippen molar-refractivity contribution in [2.75, 3.05) is 6.61 Å². The predicted octanol–water partition coefficient (Wildman–Crippen LogP) is 2.75. The summed E-state index contributed by atoms with van der Waals surface area (Å²) in [5.41, 5.74) is 2.44. The maximum Gasteiger partial charge on any atom is 0.296 e. The highest BCUT2D eigenvalue weighted by atomic mass is 32.1. The van der Waals surface area contributed by atoms with Crippen LogP contribution in [0.4, 0.5) is 0 Å². The highest BCUT2D eigenvalue weighted by molar-refractivity contribution is 7.15. The molecule has 0 spiro atoms. The monoisotopic (exact) mass is 419 g/mol. The van der Waals surface area contributed by atoms with Crippen LogP contribution in [0.5, 0.6) is 5.75 Å². The summed E-state index contributed by atoms with van der Waals surface area (Å²) in [7, 11) is 0. The van der Waals surface area contributed by atoms with Gasteiger partial charge in [-0.2, -0.15) is 14.6 Å². The molecule has 0 saturated carbocycles. The van der Waals surface area contributed by atoms with E-state index in [1.165, 1.54) is 4.52 Å².